The Bertz CT molecular complexity index is 930. The summed E-state index contributed by atoms with van der Waals surface area (Å²) in [6, 6.07) is 16.2. The summed E-state index contributed by atoms with van der Waals surface area (Å²) in [6.07, 6.45) is 5.23. The number of pyridine rings is 1. The minimum absolute atomic E-state index is 0.0127. The molecule has 3 heterocycles. The van der Waals surface area contributed by atoms with Crippen LogP contribution < -0.4 is 10.5 Å². The van der Waals surface area contributed by atoms with Crippen molar-refractivity contribution >= 4 is 11.5 Å². The first-order valence-corrected chi connectivity index (χ1v) is 8.98. The highest BCUT2D eigenvalue weighted by Gasteiger charge is 2.22. The number of rotatable bonds is 3. The molecular formula is C21H23N3O. The number of benzene rings is 1. The van der Waals surface area contributed by atoms with Crippen LogP contribution in [0, 0.1) is 12.8 Å². The van der Waals surface area contributed by atoms with Gasteiger partial charge in [0, 0.05) is 25.4 Å². The molecule has 25 heavy (non-hydrogen) atoms. The fourth-order valence-corrected chi connectivity index (χ4v) is 3.70. The molecule has 0 aliphatic carbocycles. The Morgan fingerprint density at radius 1 is 1.16 bits per heavy atom. The Kier molecular flexibility index (Phi) is 4.26. The number of aryl methyl sites for hydroxylation is 1. The third-order valence-corrected chi connectivity index (χ3v) is 5.05. The average molecular weight is 333 g/mol. The third-order valence-electron chi connectivity index (χ3n) is 5.05. The van der Waals surface area contributed by atoms with Gasteiger partial charge in [0.15, 0.2) is 0 Å². The van der Waals surface area contributed by atoms with Gasteiger partial charge in [-0.05, 0) is 49.8 Å². The maximum atomic E-state index is 12.3. The maximum Gasteiger partial charge on any atom is 0.259 e. The first kappa shape index (κ1) is 15.9. The van der Waals surface area contributed by atoms with Crippen molar-refractivity contribution in [2.75, 3.05) is 18.0 Å². The molecule has 1 fully saturated rings. The summed E-state index contributed by atoms with van der Waals surface area (Å²) >= 11 is 0. The maximum absolute atomic E-state index is 12.3. The molecule has 0 bridgehead atoms. The second kappa shape index (κ2) is 6.71. The van der Waals surface area contributed by atoms with Gasteiger partial charge in [0.25, 0.3) is 5.56 Å². The van der Waals surface area contributed by atoms with Gasteiger partial charge in [-0.2, -0.15) is 0 Å². The summed E-state index contributed by atoms with van der Waals surface area (Å²) in [5, 5.41) is 0. The van der Waals surface area contributed by atoms with Crippen molar-refractivity contribution in [2.24, 2.45) is 5.92 Å². The van der Waals surface area contributed by atoms with Gasteiger partial charge in [0.2, 0.25) is 0 Å². The van der Waals surface area contributed by atoms with Crippen LogP contribution in [0.1, 0.15) is 24.0 Å². The molecule has 1 aliphatic heterocycles. The third kappa shape index (κ3) is 3.43. The molecule has 1 aromatic carbocycles. The number of hydrogen-bond acceptors (Lipinski definition) is 3. The van der Waals surface area contributed by atoms with Crippen LogP contribution in [0.3, 0.4) is 0 Å². The van der Waals surface area contributed by atoms with E-state index in [0.717, 1.165) is 31.7 Å². The molecule has 1 aliphatic rings. The summed E-state index contributed by atoms with van der Waals surface area (Å²) in [7, 11) is 0. The van der Waals surface area contributed by atoms with Crippen molar-refractivity contribution in [3.05, 3.63) is 76.2 Å². The minimum atomic E-state index is -0.0127. The van der Waals surface area contributed by atoms with Gasteiger partial charge in [-0.25, -0.2) is 4.98 Å². The lowest BCUT2D eigenvalue weighted by molar-refractivity contribution is 0.411. The molecule has 0 amide bonds. The van der Waals surface area contributed by atoms with Crippen LogP contribution in [0.5, 0.6) is 0 Å². The second-order valence-electron chi connectivity index (χ2n) is 7.03. The van der Waals surface area contributed by atoms with Crippen molar-refractivity contribution in [3.8, 4) is 0 Å². The molecule has 1 atom stereocenters. The number of hydrogen-bond donors (Lipinski definition) is 0. The topological polar surface area (TPSA) is 37.6 Å². The lowest BCUT2D eigenvalue weighted by Gasteiger charge is -2.33. The zero-order chi connectivity index (χ0) is 17.2. The van der Waals surface area contributed by atoms with E-state index in [1.54, 1.807) is 16.7 Å². The predicted octanol–water partition coefficient (Wildman–Crippen LogP) is 3.46. The molecule has 4 heteroatoms. The van der Waals surface area contributed by atoms with Crippen LogP contribution in [0.4, 0.5) is 5.82 Å². The smallest absolute Gasteiger partial charge is 0.259 e. The summed E-state index contributed by atoms with van der Waals surface area (Å²) in [4.78, 5) is 19.3. The van der Waals surface area contributed by atoms with Crippen molar-refractivity contribution in [1.29, 1.82) is 0 Å². The van der Waals surface area contributed by atoms with Crippen molar-refractivity contribution < 1.29 is 0 Å². The highest BCUT2D eigenvalue weighted by molar-refractivity contribution is 5.48. The largest absolute Gasteiger partial charge is 0.356 e. The van der Waals surface area contributed by atoms with Crippen molar-refractivity contribution in [2.45, 2.75) is 26.2 Å². The van der Waals surface area contributed by atoms with Crippen LogP contribution in [0.2, 0.25) is 0 Å². The molecule has 1 saturated heterocycles. The normalized spacial score (nSPS) is 17.8. The van der Waals surface area contributed by atoms with E-state index in [0.29, 0.717) is 11.6 Å². The summed E-state index contributed by atoms with van der Waals surface area (Å²) in [5.74, 6) is 1.41. The Labute approximate surface area is 147 Å². The Morgan fingerprint density at radius 2 is 2.00 bits per heavy atom. The van der Waals surface area contributed by atoms with E-state index in [1.165, 1.54) is 17.5 Å². The first-order valence-electron chi connectivity index (χ1n) is 8.98. The molecule has 0 spiro atoms. The van der Waals surface area contributed by atoms with Crippen LogP contribution in [-0.4, -0.2) is 22.5 Å². The number of anilines is 1. The quantitative estimate of drug-likeness (QED) is 0.737. The summed E-state index contributed by atoms with van der Waals surface area (Å²) < 4.78 is 1.59. The summed E-state index contributed by atoms with van der Waals surface area (Å²) in [5.41, 5.74) is 3.39. The average Bonchev–Trinajstić information content (AvgIpc) is 2.64. The summed E-state index contributed by atoms with van der Waals surface area (Å²) in [6.45, 7) is 4.05. The molecule has 4 rings (SSSR count). The molecule has 0 saturated carbocycles. The van der Waals surface area contributed by atoms with E-state index in [1.807, 2.05) is 18.2 Å². The highest BCUT2D eigenvalue weighted by atomic mass is 16.1. The molecule has 0 N–H and O–H groups in total. The van der Waals surface area contributed by atoms with E-state index in [2.05, 4.69) is 36.1 Å². The number of fused-ring (bicyclic) bond motifs is 1. The van der Waals surface area contributed by atoms with Crippen molar-refractivity contribution in [3.63, 3.8) is 0 Å². The molecule has 128 valence electrons. The van der Waals surface area contributed by atoms with Crippen LogP contribution in [0.15, 0.2) is 59.5 Å². The van der Waals surface area contributed by atoms with Gasteiger partial charge in [-0.1, -0.05) is 35.9 Å². The van der Waals surface area contributed by atoms with E-state index in [-0.39, 0.29) is 5.56 Å². The number of nitrogens with zero attached hydrogens (tertiary/aromatic N) is 3. The lowest BCUT2D eigenvalue weighted by Crippen LogP contribution is -2.37. The van der Waals surface area contributed by atoms with Gasteiger partial charge in [0.1, 0.15) is 11.5 Å². The molecule has 0 unspecified atom stereocenters. The van der Waals surface area contributed by atoms with Crippen LogP contribution >= 0.6 is 0 Å². The Balaban J connectivity index is 1.55. The lowest BCUT2D eigenvalue weighted by atomic mass is 9.91. The predicted molar refractivity (Wildman–Crippen MR) is 101 cm³/mol. The first-order chi connectivity index (χ1) is 12.2. The highest BCUT2D eigenvalue weighted by Crippen LogP contribution is 2.24. The molecule has 0 radical (unpaired) electrons. The van der Waals surface area contributed by atoms with Crippen molar-refractivity contribution in [1.82, 2.24) is 9.38 Å². The monoisotopic (exact) mass is 333 g/mol. The Morgan fingerprint density at radius 3 is 2.84 bits per heavy atom. The molecule has 3 aromatic rings. The van der Waals surface area contributed by atoms with Gasteiger partial charge >= 0.3 is 0 Å². The van der Waals surface area contributed by atoms with E-state index < -0.39 is 0 Å². The second-order valence-corrected chi connectivity index (χ2v) is 7.03. The molecule has 2 aromatic heterocycles. The Hall–Kier alpha value is -2.62. The van der Waals surface area contributed by atoms with E-state index >= 15 is 0 Å². The number of aromatic nitrogens is 2. The van der Waals surface area contributed by atoms with Gasteiger partial charge in [-0.3, -0.25) is 9.20 Å². The number of piperidine rings is 1. The van der Waals surface area contributed by atoms with Gasteiger partial charge in [-0.15, -0.1) is 0 Å². The van der Waals surface area contributed by atoms with Crippen LogP contribution in [-0.2, 0) is 6.42 Å². The standard InChI is InChI=1S/C21H23N3O/c1-16-7-9-17(10-8-16)13-18-5-4-11-23(15-18)20-14-21(25)24-12-3-2-6-19(24)22-20/h2-3,6-10,12,14,18H,4-5,11,13,15H2,1H3/t18-/m1/s1. The van der Waals surface area contributed by atoms with Gasteiger partial charge in [0.05, 0.1) is 0 Å². The zero-order valence-corrected chi connectivity index (χ0v) is 14.6. The minimum Gasteiger partial charge on any atom is -0.356 e. The SMILES string of the molecule is Cc1ccc(C[C@H]2CCCN(c3cc(=O)n4ccccc4n3)C2)cc1. The van der Waals surface area contributed by atoms with Gasteiger partial charge < -0.3 is 4.90 Å². The molecular weight excluding hydrogens is 310 g/mol. The fourth-order valence-electron chi connectivity index (χ4n) is 3.70. The fraction of sp³-hybridized carbons (Fsp3) is 0.333. The zero-order valence-electron chi connectivity index (χ0n) is 14.6. The molecule has 4 nitrogen and oxygen atoms in total. The van der Waals surface area contributed by atoms with E-state index in [9.17, 15) is 4.79 Å². The van der Waals surface area contributed by atoms with Crippen LogP contribution in [0.25, 0.3) is 5.65 Å². The van der Waals surface area contributed by atoms with E-state index in [4.69, 9.17) is 4.98 Å².